The molecule has 1 atom stereocenters. The van der Waals surface area contributed by atoms with Crippen LogP contribution in [0, 0.1) is 5.92 Å². The number of anilines is 1. The summed E-state index contributed by atoms with van der Waals surface area (Å²) in [7, 11) is 3.15. The van der Waals surface area contributed by atoms with Crippen LogP contribution >= 0.6 is 11.6 Å². The summed E-state index contributed by atoms with van der Waals surface area (Å²) < 4.78 is 4.49. The van der Waals surface area contributed by atoms with Crippen LogP contribution in [0.5, 0.6) is 0 Å². The third kappa shape index (κ3) is 3.03. The maximum atomic E-state index is 13.0. The van der Waals surface area contributed by atoms with Crippen LogP contribution in [-0.4, -0.2) is 31.8 Å². The fourth-order valence-electron chi connectivity index (χ4n) is 3.99. The molecule has 148 valence electrons. The molecule has 0 unspecified atom stereocenters. The van der Waals surface area contributed by atoms with E-state index >= 15 is 0 Å². The maximum Gasteiger partial charge on any atom is 0.332 e. The van der Waals surface area contributed by atoms with E-state index in [9.17, 15) is 9.59 Å². The van der Waals surface area contributed by atoms with Gasteiger partial charge >= 0.3 is 5.69 Å². The predicted octanol–water partition coefficient (Wildman–Crippen LogP) is 2.37. The van der Waals surface area contributed by atoms with E-state index in [1.807, 2.05) is 28.8 Å². The van der Waals surface area contributed by atoms with Gasteiger partial charge in [-0.25, -0.2) is 4.79 Å². The molecule has 2 aromatic heterocycles. The second-order valence-corrected chi connectivity index (χ2v) is 8.07. The number of aryl methyl sites for hydroxylation is 1. The highest BCUT2D eigenvalue weighted by atomic mass is 35.5. The number of benzene rings is 1. The first-order valence-electron chi connectivity index (χ1n) is 9.53. The Kier molecular flexibility index (Phi) is 4.79. The Morgan fingerprint density at radius 1 is 1.18 bits per heavy atom. The molecule has 1 saturated heterocycles. The molecule has 1 fully saturated rings. The van der Waals surface area contributed by atoms with Gasteiger partial charge in [0.05, 0.1) is 6.54 Å². The standard InChI is InChI=1S/C20H24ClN5O2/c1-13-7-6-10-25(11-13)19-22-17-16(18(27)24(3)20(28)23(17)2)26(19)12-14-8-4-5-9-15(14)21/h4-5,8-9,13H,6-7,10-12H2,1-3H3/t13-/m0/s1. The zero-order valence-electron chi connectivity index (χ0n) is 16.4. The fraction of sp³-hybridized carbons (Fsp3) is 0.450. The van der Waals surface area contributed by atoms with Crippen LogP contribution in [0.25, 0.3) is 11.2 Å². The minimum atomic E-state index is -0.376. The highest BCUT2D eigenvalue weighted by molar-refractivity contribution is 6.31. The highest BCUT2D eigenvalue weighted by Crippen LogP contribution is 2.27. The Morgan fingerprint density at radius 3 is 2.64 bits per heavy atom. The van der Waals surface area contributed by atoms with Crippen molar-refractivity contribution in [3.8, 4) is 0 Å². The lowest BCUT2D eigenvalue weighted by Gasteiger charge is -2.32. The van der Waals surface area contributed by atoms with Crippen molar-refractivity contribution in [2.24, 2.45) is 20.0 Å². The van der Waals surface area contributed by atoms with Crippen LogP contribution in [0.4, 0.5) is 5.95 Å². The summed E-state index contributed by atoms with van der Waals surface area (Å²) in [6.45, 7) is 4.40. The van der Waals surface area contributed by atoms with E-state index in [0.29, 0.717) is 28.6 Å². The molecule has 1 aliphatic rings. The predicted molar refractivity (Wildman–Crippen MR) is 111 cm³/mol. The van der Waals surface area contributed by atoms with E-state index in [-0.39, 0.29) is 11.2 Å². The number of hydrogen-bond acceptors (Lipinski definition) is 4. The second kappa shape index (κ2) is 7.13. The molecule has 8 heteroatoms. The van der Waals surface area contributed by atoms with E-state index < -0.39 is 0 Å². The lowest BCUT2D eigenvalue weighted by molar-refractivity contribution is 0.439. The van der Waals surface area contributed by atoms with E-state index in [1.165, 1.54) is 18.0 Å². The van der Waals surface area contributed by atoms with Crippen molar-refractivity contribution >= 4 is 28.7 Å². The van der Waals surface area contributed by atoms with Crippen molar-refractivity contribution in [2.45, 2.75) is 26.3 Å². The number of nitrogens with zero attached hydrogens (tertiary/aromatic N) is 5. The molecule has 0 saturated carbocycles. The summed E-state index contributed by atoms with van der Waals surface area (Å²) in [6, 6.07) is 7.60. The average Bonchev–Trinajstić information content (AvgIpc) is 3.06. The molecule has 0 radical (unpaired) electrons. The molecule has 4 rings (SSSR count). The third-order valence-corrected chi connectivity index (χ3v) is 5.92. The number of halogens is 1. The van der Waals surface area contributed by atoms with Crippen LogP contribution in [0.15, 0.2) is 33.9 Å². The molecule has 1 aromatic carbocycles. The summed E-state index contributed by atoms with van der Waals surface area (Å²) in [5.41, 5.74) is 1.03. The summed E-state index contributed by atoms with van der Waals surface area (Å²) in [4.78, 5) is 32.4. The Morgan fingerprint density at radius 2 is 1.93 bits per heavy atom. The number of aromatic nitrogens is 4. The van der Waals surface area contributed by atoms with E-state index in [0.717, 1.165) is 35.6 Å². The van der Waals surface area contributed by atoms with Gasteiger partial charge in [0, 0.05) is 32.2 Å². The monoisotopic (exact) mass is 401 g/mol. The van der Waals surface area contributed by atoms with Crippen molar-refractivity contribution in [3.05, 3.63) is 55.7 Å². The van der Waals surface area contributed by atoms with Crippen LogP contribution < -0.4 is 16.1 Å². The lowest BCUT2D eigenvalue weighted by Crippen LogP contribution is -2.38. The van der Waals surface area contributed by atoms with Crippen LogP contribution in [0.1, 0.15) is 25.3 Å². The number of piperidine rings is 1. The van der Waals surface area contributed by atoms with Gasteiger partial charge in [-0.15, -0.1) is 0 Å². The second-order valence-electron chi connectivity index (χ2n) is 7.66. The largest absolute Gasteiger partial charge is 0.342 e. The first kappa shape index (κ1) is 18.8. The third-order valence-electron chi connectivity index (χ3n) is 5.55. The zero-order valence-corrected chi connectivity index (χ0v) is 17.1. The smallest absolute Gasteiger partial charge is 0.332 e. The maximum absolute atomic E-state index is 13.0. The van der Waals surface area contributed by atoms with Gasteiger partial charge in [0.1, 0.15) is 0 Å². The summed E-state index contributed by atoms with van der Waals surface area (Å²) in [6.07, 6.45) is 2.26. The quantitative estimate of drug-likeness (QED) is 0.675. The number of rotatable bonds is 3. The molecular formula is C20H24ClN5O2. The van der Waals surface area contributed by atoms with Crippen molar-refractivity contribution in [2.75, 3.05) is 18.0 Å². The van der Waals surface area contributed by atoms with E-state index in [1.54, 1.807) is 7.05 Å². The summed E-state index contributed by atoms with van der Waals surface area (Å²) in [5, 5.41) is 0.643. The Balaban J connectivity index is 1.98. The van der Waals surface area contributed by atoms with Crippen molar-refractivity contribution < 1.29 is 0 Å². The van der Waals surface area contributed by atoms with Gasteiger partial charge in [-0.2, -0.15) is 4.98 Å². The van der Waals surface area contributed by atoms with Gasteiger partial charge in [0.2, 0.25) is 5.95 Å². The van der Waals surface area contributed by atoms with Crippen LogP contribution in [-0.2, 0) is 20.6 Å². The molecule has 1 aliphatic heterocycles. The summed E-state index contributed by atoms with van der Waals surface area (Å²) in [5.74, 6) is 1.27. The SMILES string of the molecule is C[C@H]1CCCN(c2nc3c(c(=O)n(C)c(=O)n3C)n2Cc2ccccc2Cl)C1. The molecule has 0 N–H and O–H groups in total. The van der Waals surface area contributed by atoms with Crippen LogP contribution in [0.2, 0.25) is 5.02 Å². The number of imidazole rings is 1. The van der Waals surface area contributed by atoms with Gasteiger partial charge in [-0.05, 0) is 30.4 Å². The highest BCUT2D eigenvalue weighted by Gasteiger charge is 2.26. The number of fused-ring (bicyclic) bond motifs is 1. The molecule has 3 heterocycles. The molecule has 0 bridgehead atoms. The van der Waals surface area contributed by atoms with E-state index in [2.05, 4.69) is 11.8 Å². The van der Waals surface area contributed by atoms with Crippen molar-refractivity contribution in [1.82, 2.24) is 18.7 Å². The molecule has 28 heavy (non-hydrogen) atoms. The average molecular weight is 402 g/mol. The Hall–Kier alpha value is -2.54. The molecule has 0 amide bonds. The Bertz CT molecular complexity index is 1160. The normalized spacial score (nSPS) is 17.4. The minimum Gasteiger partial charge on any atom is -0.342 e. The van der Waals surface area contributed by atoms with Crippen molar-refractivity contribution in [3.63, 3.8) is 0 Å². The molecule has 7 nitrogen and oxygen atoms in total. The first-order valence-corrected chi connectivity index (χ1v) is 9.91. The first-order chi connectivity index (χ1) is 13.4. The van der Waals surface area contributed by atoms with Gasteiger partial charge in [-0.3, -0.25) is 18.5 Å². The van der Waals surface area contributed by atoms with Crippen LogP contribution in [0.3, 0.4) is 0 Å². The van der Waals surface area contributed by atoms with Gasteiger partial charge in [0.25, 0.3) is 5.56 Å². The van der Waals surface area contributed by atoms with Gasteiger partial charge in [0.15, 0.2) is 11.2 Å². The summed E-state index contributed by atoms with van der Waals surface area (Å²) >= 11 is 6.40. The van der Waals surface area contributed by atoms with Crippen molar-refractivity contribution in [1.29, 1.82) is 0 Å². The van der Waals surface area contributed by atoms with Gasteiger partial charge < -0.3 is 4.90 Å². The number of hydrogen-bond donors (Lipinski definition) is 0. The topological polar surface area (TPSA) is 65.1 Å². The lowest BCUT2D eigenvalue weighted by atomic mass is 10.0. The molecule has 0 aliphatic carbocycles. The van der Waals surface area contributed by atoms with E-state index in [4.69, 9.17) is 16.6 Å². The fourth-order valence-corrected chi connectivity index (χ4v) is 4.19. The minimum absolute atomic E-state index is 0.339. The molecular weight excluding hydrogens is 378 g/mol. The van der Waals surface area contributed by atoms with Gasteiger partial charge in [-0.1, -0.05) is 36.7 Å². The molecule has 3 aromatic rings. The molecule has 0 spiro atoms. The Labute approximate surface area is 167 Å². The zero-order chi connectivity index (χ0) is 20.0.